The molecular formula is C13H20N2O2. The Bertz CT molecular complexity index is 339. The minimum Gasteiger partial charge on any atom is -0.393 e. The summed E-state index contributed by atoms with van der Waals surface area (Å²) in [6.07, 6.45) is 3.02. The van der Waals surface area contributed by atoms with Crippen molar-refractivity contribution in [2.75, 3.05) is 13.6 Å². The number of likely N-dealkylation sites (N-methyl/N-ethyl adjacent to an activating group) is 1. The molecule has 0 aliphatic heterocycles. The fourth-order valence-electron chi connectivity index (χ4n) is 1.48. The summed E-state index contributed by atoms with van der Waals surface area (Å²) in [7, 11) is 1.79. The molecule has 4 nitrogen and oxygen atoms in total. The molecule has 94 valence electrons. The van der Waals surface area contributed by atoms with Crippen LogP contribution in [0, 0.1) is 0 Å². The Labute approximate surface area is 102 Å². The average Bonchev–Trinajstić information content (AvgIpc) is 2.34. The van der Waals surface area contributed by atoms with Crippen molar-refractivity contribution in [2.45, 2.75) is 32.3 Å². The van der Waals surface area contributed by atoms with E-state index in [2.05, 4.69) is 4.98 Å². The summed E-state index contributed by atoms with van der Waals surface area (Å²) < 4.78 is 0. The molecule has 1 aromatic heterocycles. The fourth-order valence-corrected chi connectivity index (χ4v) is 1.48. The van der Waals surface area contributed by atoms with Crippen LogP contribution in [0.1, 0.15) is 25.5 Å². The third-order valence-electron chi connectivity index (χ3n) is 2.63. The van der Waals surface area contributed by atoms with Crippen LogP contribution in [-0.2, 0) is 11.2 Å². The summed E-state index contributed by atoms with van der Waals surface area (Å²) in [5.74, 6) is 0.0711. The van der Waals surface area contributed by atoms with Gasteiger partial charge < -0.3 is 10.0 Å². The van der Waals surface area contributed by atoms with E-state index in [1.807, 2.05) is 18.2 Å². The van der Waals surface area contributed by atoms with Gasteiger partial charge in [0.25, 0.3) is 0 Å². The van der Waals surface area contributed by atoms with Crippen LogP contribution in [0.15, 0.2) is 24.4 Å². The van der Waals surface area contributed by atoms with Gasteiger partial charge in [-0.3, -0.25) is 9.78 Å². The van der Waals surface area contributed by atoms with E-state index in [1.165, 1.54) is 0 Å². The van der Waals surface area contributed by atoms with Gasteiger partial charge in [-0.2, -0.15) is 0 Å². The highest BCUT2D eigenvalue weighted by Crippen LogP contribution is 2.02. The van der Waals surface area contributed by atoms with Crippen molar-refractivity contribution < 1.29 is 9.90 Å². The molecule has 0 fully saturated rings. The zero-order chi connectivity index (χ0) is 12.7. The average molecular weight is 236 g/mol. The fraction of sp³-hybridized carbons (Fsp3) is 0.538. The molecule has 0 bridgehead atoms. The molecular weight excluding hydrogens is 216 g/mol. The van der Waals surface area contributed by atoms with Crippen LogP contribution in [-0.4, -0.2) is 40.6 Å². The first-order valence-electron chi connectivity index (χ1n) is 5.91. The number of hydrogen-bond donors (Lipinski definition) is 1. The first-order valence-corrected chi connectivity index (χ1v) is 5.91. The molecule has 4 heteroatoms. The van der Waals surface area contributed by atoms with Gasteiger partial charge in [-0.05, 0) is 25.5 Å². The van der Waals surface area contributed by atoms with Crippen molar-refractivity contribution in [3.63, 3.8) is 0 Å². The molecule has 0 aliphatic rings. The summed E-state index contributed by atoms with van der Waals surface area (Å²) in [5, 5.41) is 9.11. The van der Waals surface area contributed by atoms with Crippen molar-refractivity contribution in [1.29, 1.82) is 0 Å². The third kappa shape index (κ3) is 5.45. The number of aromatic nitrogens is 1. The van der Waals surface area contributed by atoms with E-state index in [0.717, 1.165) is 12.1 Å². The van der Waals surface area contributed by atoms with E-state index in [9.17, 15) is 4.79 Å². The van der Waals surface area contributed by atoms with Crippen molar-refractivity contribution in [3.8, 4) is 0 Å². The normalized spacial score (nSPS) is 12.2. The number of hydrogen-bond acceptors (Lipinski definition) is 3. The van der Waals surface area contributed by atoms with E-state index in [-0.39, 0.29) is 5.91 Å². The summed E-state index contributed by atoms with van der Waals surface area (Å²) >= 11 is 0. The largest absolute Gasteiger partial charge is 0.393 e. The van der Waals surface area contributed by atoms with Gasteiger partial charge in [-0.25, -0.2) is 0 Å². The molecule has 0 aliphatic carbocycles. The van der Waals surface area contributed by atoms with Crippen LogP contribution in [0.4, 0.5) is 0 Å². The first kappa shape index (κ1) is 13.6. The number of aliphatic hydroxyl groups is 1. The Morgan fingerprint density at radius 3 is 2.88 bits per heavy atom. The molecule has 1 heterocycles. The van der Waals surface area contributed by atoms with Gasteiger partial charge in [0.05, 0.1) is 6.10 Å². The molecule has 0 saturated carbocycles. The lowest BCUT2D eigenvalue weighted by Crippen LogP contribution is -2.29. The predicted molar refractivity (Wildman–Crippen MR) is 66.5 cm³/mol. The summed E-state index contributed by atoms with van der Waals surface area (Å²) in [4.78, 5) is 17.6. The van der Waals surface area contributed by atoms with Crippen molar-refractivity contribution >= 4 is 5.91 Å². The zero-order valence-electron chi connectivity index (χ0n) is 10.5. The van der Waals surface area contributed by atoms with Gasteiger partial charge in [0.1, 0.15) is 0 Å². The Balaban J connectivity index is 2.29. The van der Waals surface area contributed by atoms with Gasteiger partial charge in [-0.1, -0.05) is 6.07 Å². The Morgan fingerprint density at radius 1 is 1.53 bits per heavy atom. The van der Waals surface area contributed by atoms with Gasteiger partial charge in [0.2, 0.25) is 5.91 Å². The molecule has 0 saturated heterocycles. The van der Waals surface area contributed by atoms with Crippen LogP contribution >= 0.6 is 0 Å². The van der Waals surface area contributed by atoms with Crippen molar-refractivity contribution in [1.82, 2.24) is 9.88 Å². The highest BCUT2D eigenvalue weighted by atomic mass is 16.3. The lowest BCUT2D eigenvalue weighted by molar-refractivity contribution is -0.130. The van der Waals surface area contributed by atoms with Crippen LogP contribution in [0.25, 0.3) is 0 Å². The second kappa shape index (κ2) is 7.01. The van der Waals surface area contributed by atoms with Gasteiger partial charge in [-0.15, -0.1) is 0 Å². The standard InChI is InChI=1S/C13H20N2O2/c1-11(16)6-7-13(17)15(2)10-8-12-5-3-4-9-14-12/h3-5,9,11,16H,6-8,10H2,1-2H3. The number of aliphatic hydroxyl groups excluding tert-OH is 1. The van der Waals surface area contributed by atoms with E-state index in [1.54, 1.807) is 25.1 Å². The number of rotatable bonds is 6. The number of pyridine rings is 1. The third-order valence-corrected chi connectivity index (χ3v) is 2.63. The van der Waals surface area contributed by atoms with E-state index in [0.29, 0.717) is 19.4 Å². The van der Waals surface area contributed by atoms with Crippen LogP contribution < -0.4 is 0 Å². The number of carbonyl (C=O) groups is 1. The molecule has 0 radical (unpaired) electrons. The molecule has 0 aromatic carbocycles. The SMILES string of the molecule is CC(O)CCC(=O)N(C)CCc1ccccn1. The minimum absolute atomic E-state index is 0.0711. The molecule has 0 spiro atoms. The van der Waals surface area contributed by atoms with Crippen LogP contribution in [0.2, 0.25) is 0 Å². The first-order chi connectivity index (χ1) is 8.09. The Morgan fingerprint density at radius 2 is 2.29 bits per heavy atom. The topological polar surface area (TPSA) is 53.4 Å². The molecule has 1 atom stereocenters. The minimum atomic E-state index is -0.414. The maximum Gasteiger partial charge on any atom is 0.222 e. The summed E-state index contributed by atoms with van der Waals surface area (Å²) in [5.41, 5.74) is 0.989. The molecule has 1 aromatic rings. The Hall–Kier alpha value is -1.42. The second-order valence-electron chi connectivity index (χ2n) is 4.27. The monoisotopic (exact) mass is 236 g/mol. The number of nitrogens with zero attached hydrogens (tertiary/aromatic N) is 2. The van der Waals surface area contributed by atoms with Gasteiger partial charge >= 0.3 is 0 Å². The highest BCUT2D eigenvalue weighted by molar-refractivity contribution is 5.75. The summed E-state index contributed by atoms with van der Waals surface area (Å²) in [6, 6.07) is 5.77. The van der Waals surface area contributed by atoms with E-state index in [4.69, 9.17) is 5.11 Å². The maximum absolute atomic E-state index is 11.7. The zero-order valence-corrected chi connectivity index (χ0v) is 10.5. The molecule has 1 unspecified atom stereocenters. The summed E-state index contributed by atoms with van der Waals surface area (Å²) in [6.45, 7) is 2.36. The van der Waals surface area contributed by atoms with Crippen LogP contribution in [0.5, 0.6) is 0 Å². The molecule has 1 amide bonds. The van der Waals surface area contributed by atoms with Crippen molar-refractivity contribution in [3.05, 3.63) is 30.1 Å². The molecule has 17 heavy (non-hydrogen) atoms. The van der Waals surface area contributed by atoms with Crippen LogP contribution in [0.3, 0.4) is 0 Å². The number of carbonyl (C=O) groups excluding carboxylic acids is 1. The Kier molecular flexibility index (Phi) is 5.63. The highest BCUT2D eigenvalue weighted by Gasteiger charge is 2.09. The van der Waals surface area contributed by atoms with Gasteiger partial charge in [0.15, 0.2) is 0 Å². The lowest BCUT2D eigenvalue weighted by Gasteiger charge is -2.17. The smallest absolute Gasteiger partial charge is 0.222 e. The predicted octanol–water partition coefficient (Wildman–Crippen LogP) is 1.24. The lowest BCUT2D eigenvalue weighted by atomic mass is 10.2. The molecule has 1 N–H and O–H groups in total. The quantitative estimate of drug-likeness (QED) is 0.808. The van der Waals surface area contributed by atoms with Crippen molar-refractivity contribution in [2.24, 2.45) is 0 Å². The molecule has 1 rings (SSSR count). The number of amides is 1. The van der Waals surface area contributed by atoms with E-state index >= 15 is 0 Å². The second-order valence-corrected chi connectivity index (χ2v) is 4.27. The van der Waals surface area contributed by atoms with E-state index < -0.39 is 6.10 Å². The maximum atomic E-state index is 11.7. The van der Waals surface area contributed by atoms with Gasteiger partial charge in [0, 0.05) is 38.3 Å².